The summed E-state index contributed by atoms with van der Waals surface area (Å²) in [4.78, 5) is 0. The molecule has 0 radical (unpaired) electrons. The quantitative estimate of drug-likeness (QED) is 0.569. The molecule has 0 aliphatic carbocycles. The minimum atomic E-state index is 0.624. The van der Waals surface area contributed by atoms with Gasteiger partial charge in [0.2, 0.25) is 0 Å². The van der Waals surface area contributed by atoms with E-state index in [0.717, 1.165) is 0 Å². The predicted octanol–water partition coefficient (Wildman–Crippen LogP) is 3.99. The van der Waals surface area contributed by atoms with E-state index in [2.05, 4.69) is 51.1 Å². The first-order valence-corrected chi connectivity index (χ1v) is 4.85. The van der Waals surface area contributed by atoms with Gasteiger partial charge >= 0.3 is 0 Å². The topological polar surface area (TPSA) is 0 Å². The summed E-state index contributed by atoms with van der Waals surface area (Å²) in [5, 5.41) is 2.83. The molecule has 0 N–H and O–H groups in total. The smallest absolute Gasteiger partial charge is 0.0538 e. The third-order valence-electron chi connectivity index (χ3n) is 2.66. The molecule has 2 rings (SSSR count). The van der Waals surface area contributed by atoms with E-state index in [0.29, 0.717) is 5.92 Å². The lowest BCUT2D eigenvalue weighted by Gasteiger charge is -2.08. The van der Waals surface area contributed by atoms with E-state index in [1.54, 1.807) is 0 Å². The van der Waals surface area contributed by atoms with Crippen LogP contribution in [0.3, 0.4) is 0 Å². The Morgan fingerprint density at radius 2 is 2.00 bits per heavy atom. The molecule has 0 heterocycles. The van der Waals surface area contributed by atoms with Gasteiger partial charge < -0.3 is 0 Å². The van der Waals surface area contributed by atoms with Crippen molar-refractivity contribution in [2.24, 2.45) is 0 Å². The van der Waals surface area contributed by atoms with Crippen LogP contribution in [-0.2, 0) is 0 Å². The average Bonchev–Trinajstić information content (AvgIpc) is 2.45. The summed E-state index contributed by atoms with van der Waals surface area (Å²) >= 11 is 0. The Balaban J connectivity index is 2.78. The van der Waals surface area contributed by atoms with E-state index in [-0.39, 0.29) is 0 Å². The van der Waals surface area contributed by atoms with Crippen LogP contribution in [0.2, 0.25) is 0 Å². The average molecular weight is 171 g/mol. The number of benzene rings is 1. The lowest BCUT2D eigenvalue weighted by atomic mass is 10.0. The first kappa shape index (κ1) is 8.43. The first-order chi connectivity index (χ1) is 6.20. The van der Waals surface area contributed by atoms with Crippen LogP contribution in [0.4, 0.5) is 0 Å². The molecule has 0 saturated carbocycles. The third-order valence-corrected chi connectivity index (χ3v) is 2.66. The van der Waals surface area contributed by atoms with E-state index >= 15 is 0 Å². The van der Waals surface area contributed by atoms with Crippen molar-refractivity contribution in [3.05, 3.63) is 41.5 Å². The van der Waals surface area contributed by atoms with Crippen LogP contribution < -0.4 is 0 Å². The Morgan fingerprint density at radius 3 is 2.69 bits per heavy atom. The molecule has 0 atom stereocenters. The van der Waals surface area contributed by atoms with Gasteiger partial charge in [-0.25, -0.2) is 0 Å². The highest BCUT2D eigenvalue weighted by molar-refractivity contribution is 5.91. The molecule has 0 aromatic heterocycles. The molecule has 2 aromatic rings. The fraction of sp³-hybridized carbons (Fsp3) is 0.308. The molecule has 0 heteroatoms. The Bertz CT molecular complexity index is 419. The van der Waals surface area contributed by atoms with Crippen LogP contribution in [-0.4, -0.2) is 0 Å². The molecular formula is C13H15-. The highest BCUT2D eigenvalue weighted by Crippen LogP contribution is 2.30. The summed E-state index contributed by atoms with van der Waals surface area (Å²) in [7, 11) is 0. The van der Waals surface area contributed by atoms with Crippen LogP contribution in [0.5, 0.6) is 0 Å². The number of rotatable bonds is 1. The Labute approximate surface area is 79.6 Å². The highest BCUT2D eigenvalue weighted by atomic mass is 14.1. The van der Waals surface area contributed by atoms with Crippen LogP contribution >= 0.6 is 0 Å². The first-order valence-electron chi connectivity index (χ1n) is 4.85. The molecule has 0 bridgehead atoms. The lowest BCUT2D eigenvalue weighted by molar-refractivity contribution is 0.878. The molecule has 0 fully saturated rings. The minimum absolute atomic E-state index is 0.624. The normalized spacial score (nSPS) is 11.4. The van der Waals surface area contributed by atoms with Crippen molar-refractivity contribution in [1.82, 2.24) is 0 Å². The molecule has 2 aromatic carbocycles. The van der Waals surface area contributed by atoms with Crippen molar-refractivity contribution in [3.8, 4) is 0 Å². The van der Waals surface area contributed by atoms with Crippen molar-refractivity contribution in [2.45, 2.75) is 26.7 Å². The summed E-state index contributed by atoms with van der Waals surface area (Å²) in [5.74, 6) is 0.624. The summed E-state index contributed by atoms with van der Waals surface area (Å²) in [6.07, 6.45) is 0. The Morgan fingerprint density at radius 1 is 1.23 bits per heavy atom. The van der Waals surface area contributed by atoms with Gasteiger partial charge in [-0.2, -0.15) is 0 Å². The second kappa shape index (κ2) is 2.95. The standard InChI is InChI=1S/C13H15/c1-9(2)13-8-10(3)11-6-4-5-7-12(11)13/h4-9H,1-3H3/q-1. The van der Waals surface area contributed by atoms with Gasteiger partial charge in [-0.05, 0) is 0 Å². The number of hydrogen-bond acceptors (Lipinski definition) is 0. The lowest BCUT2D eigenvalue weighted by Crippen LogP contribution is -1.82. The minimum Gasteiger partial charge on any atom is -0.145 e. The molecule has 0 saturated heterocycles. The maximum Gasteiger partial charge on any atom is -0.0538 e. The zero-order valence-corrected chi connectivity index (χ0v) is 8.46. The van der Waals surface area contributed by atoms with E-state index in [4.69, 9.17) is 0 Å². The molecule has 0 unspecified atom stereocenters. The maximum absolute atomic E-state index is 2.31. The summed E-state index contributed by atoms with van der Waals surface area (Å²) in [5.41, 5.74) is 2.88. The Hall–Kier alpha value is -1.17. The molecule has 0 aliphatic rings. The summed E-state index contributed by atoms with van der Waals surface area (Å²) in [6, 6.07) is 11.0. The van der Waals surface area contributed by atoms with E-state index in [9.17, 15) is 0 Å². The van der Waals surface area contributed by atoms with Crippen molar-refractivity contribution < 1.29 is 0 Å². The fourth-order valence-corrected chi connectivity index (χ4v) is 1.95. The highest BCUT2D eigenvalue weighted by Gasteiger charge is 2.01. The molecular weight excluding hydrogens is 156 g/mol. The summed E-state index contributed by atoms with van der Waals surface area (Å²) in [6.45, 7) is 6.69. The number of aryl methyl sites for hydroxylation is 1. The van der Waals surface area contributed by atoms with Gasteiger partial charge in [0.1, 0.15) is 0 Å². The van der Waals surface area contributed by atoms with Crippen molar-refractivity contribution in [2.75, 3.05) is 0 Å². The number of hydrogen-bond donors (Lipinski definition) is 0. The van der Waals surface area contributed by atoms with Crippen molar-refractivity contribution >= 4 is 10.8 Å². The number of fused-ring (bicyclic) bond motifs is 1. The molecule has 0 spiro atoms. The van der Waals surface area contributed by atoms with Crippen molar-refractivity contribution in [1.29, 1.82) is 0 Å². The second-order valence-electron chi connectivity index (χ2n) is 3.98. The predicted molar refractivity (Wildman–Crippen MR) is 58.4 cm³/mol. The van der Waals surface area contributed by atoms with Gasteiger partial charge in [0, 0.05) is 0 Å². The van der Waals surface area contributed by atoms with Gasteiger partial charge in [-0.3, -0.25) is 0 Å². The van der Waals surface area contributed by atoms with Gasteiger partial charge in [-0.1, -0.05) is 32.1 Å². The monoisotopic (exact) mass is 171 g/mol. The molecule has 0 aliphatic heterocycles. The zero-order chi connectivity index (χ0) is 9.42. The van der Waals surface area contributed by atoms with E-state index in [1.807, 2.05) is 0 Å². The van der Waals surface area contributed by atoms with Gasteiger partial charge in [0.15, 0.2) is 0 Å². The van der Waals surface area contributed by atoms with Crippen molar-refractivity contribution in [3.63, 3.8) is 0 Å². The van der Waals surface area contributed by atoms with Crippen LogP contribution in [0.1, 0.15) is 30.9 Å². The van der Waals surface area contributed by atoms with E-state index in [1.165, 1.54) is 21.9 Å². The zero-order valence-electron chi connectivity index (χ0n) is 8.46. The van der Waals surface area contributed by atoms with Gasteiger partial charge in [-0.15, -0.1) is 46.8 Å². The van der Waals surface area contributed by atoms with Crippen LogP contribution in [0.25, 0.3) is 10.8 Å². The summed E-state index contributed by atoms with van der Waals surface area (Å²) < 4.78 is 0. The third kappa shape index (κ3) is 1.27. The SMILES string of the molecule is Cc1cc(C(C)C)c2cccc[c-]12. The largest absolute Gasteiger partial charge is 0.145 e. The molecule has 0 amide bonds. The van der Waals surface area contributed by atoms with Gasteiger partial charge in [0.25, 0.3) is 0 Å². The molecule has 0 nitrogen and oxygen atoms in total. The molecule has 13 heavy (non-hydrogen) atoms. The van der Waals surface area contributed by atoms with Crippen LogP contribution in [0.15, 0.2) is 30.3 Å². The van der Waals surface area contributed by atoms with Gasteiger partial charge in [0.05, 0.1) is 0 Å². The fourth-order valence-electron chi connectivity index (χ4n) is 1.95. The second-order valence-corrected chi connectivity index (χ2v) is 3.98. The van der Waals surface area contributed by atoms with Crippen LogP contribution in [0, 0.1) is 6.92 Å². The van der Waals surface area contributed by atoms with E-state index < -0.39 is 0 Å². The molecule has 68 valence electrons. The Kier molecular flexibility index (Phi) is 1.91. The maximum atomic E-state index is 2.31.